The maximum absolute atomic E-state index is 12.9. The van der Waals surface area contributed by atoms with Crippen LogP contribution >= 0.6 is 22.7 Å². The van der Waals surface area contributed by atoms with E-state index in [2.05, 4.69) is 5.32 Å². The summed E-state index contributed by atoms with van der Waals surface area (Å²) in [6, 6.07) is 5.43. The van der Waals surface area contributed by atoms with E-state index in [-0.39, 0.29) is 18.4 Å². The van der Waals surface area contributed by atoms with E-state index in [4.69, 9.17) is 0 Å². The molecule has 0 aliphatic heterocycles. The topological polar surface area (TPSA) is 46.2 Å². The van der Waals surface area contributed by atoms with Crippen LogP contribution in [0.4, 0.5) is 26.3 Å². The van der Waals surface area contributed by atoms with Crippen molar-refractivity contribution >= 4 is 34.4 Å². The number of amides is 1. The molecule has 0 saturated heterocycles. The minimum Gasteiger partial charge on any atom is -0.347 e. The summed E-state index contributed by atoms with van der Waals surface area (Å²) in [5.74, 6) is -1.31. The van der Waals surface area contributed by atoms with Gasteiger partial charge in [0.25, 0.3) is 5.91 Å². The minimum atomic E-state index is -5.04. The van der Waals surface area contributed by atoms with E-state index in [1.165, 1.54) is 17.4 Å². The lowest BCUT2D eigenvalue weighted by atomic mass is 10.0. The number of benzene rings is 1. The molecule has 0 spiro atoms. The van der Waals surface area contributed by atoms with E-state index in [9.17, 15) is 35.9 Å². The highest BCUT2D eigenvalue weighted by Crippen LogP contribution is 2.36. The van der Waals surface area contributed by atoms with Crippen LogP contribution in [0, 0.1) is 0 Å². The number of alkyl halides is 6. The maximum atomic E-state index is 12.9. The summed E-state index contributed by atoms with van der Waals surface area (Å²) in [5, 5.41) is 5.71. The van der Waals surface area contributed by atoms with Crippen LogP contribution in [0.15, 0.2) is 47.2 Å². The molecule has 0 atom stereocenters. The minimum absolute atomic E-state index is 0.0433. The van der Waals surface area contributed by atoms with Crippen molar-refractivity contribution in [3.05, 3.63) is 79.2 Å². The first-order valence-corrected chi connectivity index (χ1v) is 9.94. The van der Waals surface area contributed by atoms with E-state index < -0.39 is 35.0 Å². The summed E-state index contributed by atoms with van der Waals surface area (Å²) in [6.45, 7) is -0.155. The predicted octanol–water partition coefficient (Wildman–Crippen LogP) is 6.01. The maximum Gasteiger partial charge on any atom is 0.416 e. The van der Waals surface area contributed by atoms with Crippen LogP contribution in [0.1, 0.15) is 41.6 Å². The van der Waals surface area contributed by atoms with Crippen molar-refractivity contribution in [2.75, 3.05) is 0 Å². The Kier molecular flexibility index (Phi) is 6.04. The second-order valence-corrected chi connectivity index (χ2v) is 8.03. The molecule has 0 radical (unpaired) electrons. The van der Waals surface area contributed by atoms with Crippen molar-refractivity contribution in [3.63, 3.8) is 0 Å². The number of rotatable bonds is 5. The zero-order chi connectivity index (χ0) is 22.1. The third-order valence-electron chi connectivity index (χ3n) is 3.94. The molecule has 1 aromatic carbocycles. The van der Waals surface area contributed by atoms with Gasteiger partial charge >= 0.3 is 12.4 Å². The Morgan fingerprint density at radius 1 is 0.867 bits per heavy atom. The molecular formula is C19H11F6NO2S2. The highest BCUT2D eigenvalue weighted by Gasteiger charge is 2.37. The monoisotopic (exact) mass is 463 g/mol. The number of thiophene rings is 2. The Hall–Kier alpha value is -2.66. The highest BCUT2D eigenvalue weighted by molar-refractivity contribution is 7.14. The van der Waals surface area contributed by atoms with Gasteiger partial charge in [-0.3, -0.25) is 9.59 Å². The number of halogens is 6. The highest BCUT2D eigenvalue weighted by atomic mass is 32.1. The van der Waals surface area contributed by atoms with Crippen molar-refractivity contribution in [2.24, 2.45) is 0 Å². The quantitative estimate of drug-likeness (QED) is 0.372. The molecule has 11 heteroatoms. The average molecular weight is 463 g/mol. The molecule has 3 aromatic rings. The van der Waals surface area contributed by atoms with Crippen molar-refractivity contribution in [3.8, 4) is 0 Å². The molecule has 2 heterocycles. The second-order valence-electron chi connectivity index (χ2n) is 6.08. The van der Waals surface area contributed by atoms with Gasteiger partial charge in [0.05, 0.1) is 22.5 Å². The van der Waals surface area contributed by atoms with E-state index in [0.717, 1.165) is 11.3 Å². The molecule has 1 N–H and O–H groups in total. The van der Waals surface area contributed by atoms with Gasteiger partial charge in [-0.2, -0.15) is 37.7 Å². The van der Waals surface area contributed by atoms with Gasteiger partial charge in [-0.05, 0) is 41.8 Å². The fraction of sp³-hybridized carbons (Fsp3) is 0.158. The molecule has 0 bridgehead atoms. The summed E-state index contributed by atoms with van der Waals surface area (Å²) in [7, 11) is 0. The summed E-state index contributed by atoms with van der Waals surface area (Å²) in [4.78, 5) is 25.4. The van der Waals surface area contributed by atoms with Gasteiger partial charge in [0.2, 0.25) is 5.78 Å². The summed E-state index contributed by atoms with van der Waals surface area (Å²) in [6.07, 6.45) is -10.1. The normalized spacial score (nSPS) is 12.1. The Morgan fingerprint density at radius 3 is 2.03 bits per heavy atom. The number of carbonyl (C=O) groups excluding carboxylic acids is 2. The van der Waals surface area contributed by atoms with Crippen molar-refractivity contribution in [1.29, 1.82) is 0 Å². The third kappa shape index (κ3) is 5.08. The summed E-state index contributed by atoms with van der Waals surface area (Å²) < 4.78 is 77.5. The molecule has 0 unspecified atom stereocenters. The molecule has 0 aliphatic rings. The van der Waals surface area contributed by atoms with Crippen LogP contribution < -0.4 is 5.32 Å². The van der Waals surface area contributed by atoms with Gasteiger partial charge in [0.1, 0.15) is 0 Å². The standard InChI is InChI=1S/C19H11F6NO2S2/c20-18(21,22)12-5-11(6-13(7-12)19(23,24)25)17(28)26-8-14-1-2-15(30-14)16(27)10-3-4-29-9-10/h1-7,9H,8H2,(H,26,28). The zero-order valence-electron chi connectivity index (χ0n) is 14.7. The van der Waals surface area contributed by atoms with E-state index in [1.54, 1.807) is 22.9 Å². The Morgan fingerprint density at radius 2 is 1.50 bits per heavy atom. The lowest BCUT2D eigenvalue weighted by molar-refractivity contribution is -0.143. The SMILES string of the molecule is O=C(NCc1ccc(C(=O)c2ccsc2)s1)c1cc(C(F)(F)F)cc(C(F)(F)F)c1. The fourth-order valence-electron chi connectivity index (χ4n) is 2.49. The first kappa shape index (κ1) is 22.0. The van der Waals surface area contributed by atoms with Crippen LogP contribution in [0.3, 0.4) is 0 Å². The van der Waals surface area contributed by atoms with Gasteiger partial charge in [-0.15, -0.1) is 11.3 Å². The molecule has 3 nitrogen and oxygen atoms in total. The van der Waals surface area contributed by atoms with Crippen LogP contribution in [0.25, 0.3) is 0 Å². The number of carbonyl (C=O) groups is 2. The average Bonchev–Trinajstić information content (AvgIpc) is 3.36. The van der Waals surface area contributed by atoms with Gasteiger partial charge < -0.3 is 5.32 Å². The number of hydrogen-bond acceptors (Lipinski definition) is 4. The number of hydrogen-bond donors (Lipinski definition) is 1. The second kappa shape index (κ2) is 8.23. The fourth-order valence-corrected chi connectivity index (χ4v) is 4.03. The summed E-state index contributed by atoms with van der Waals surface area (Å²) >= 11 is 2.43. The summed E-state index contributed by atoms with van der Waals surface area (Å²) in [5.41, 5.74) is -3.39. The lowest BCUT2D eigenvalue weighted by Gasteiger charge is -2.14. The van der Waals surface area contributed by atoms with Crippen LogP contribution in [-0.4, -0.2) is 11.7 Å². The molecule has 0 fully saturated rings. The Labute approximate surface area is 174 Å². The molecule has 30 heavy (non-hydrogen) atoms. The molecule has 158 valence electrons. The number of nitrogens with one attached hydrogen (secondary N) is 1. The molecule has 0 saturated carbocycles. The van der Waals surface area contributed by atoms with Crippen molar-refractivity contribution < 1.29 is 35.9 Å². The number of ketones is 1. The van der Waals surface area contributed by atoms with Crippen LogP contribution in [-0.2, 0) is 18.9 Å². The predicted molar refractivity (Wildman–Crippen MR) is 99.7 cm³/mol. The molecule has 1 amide bonds. The van der Waals surface area contributed by atoms with E-state index in [1.807, 2.05) is 0 Å². The van der Waals surface area contributed by atoms with Gasteiger partial charge in [-0.25, -0.2) is 0 Å². The third-order valence-corrected chi connectivity index (χ3v) is 5.71. The molecule has 0 aliphatic carbocycles. The van der Waals surface area contributed by atoms with Gasteiger partial charge in [0, 0.05) is 21.4 Å². The first-order valence-electron chi connectivity index (χ1n) is 8.18. The van der Waals surface area contributed by atoms with E-state index in [0.29, 0.717) is 27.5 Å². The van der Waals surface area contributed by atoms with Crippen LogP contribution in [0.2, 0.25) is 0 Å². The van der Waals surface area contributed by atoms with E-state index >= 15 is 0 Å². The van der Waals surface area contributed by atoms with Gasteiger partial charge in [-0.1, -0.05) is 0 Å². The molecule has 2 aromatic heterocycles. The first-order chi connectivity index (χ1) is 13.9. The van der Waals surface area contributed by atoms with Crippen molar-refractivity contribution in [1.82, 2.24) is 5.32 Å². The van der Waals surface area contributed by atoms with Crippen molar-refractivity contribution in [2.45, 2.75) is 18.9 Å². The van der Waals surface area contributed by atoms with Crippen LogP contribution in [0.5, 0.6) is 0 Å². The largest absolute Gasteiger partial charge is 0.416 e. The zero-order valence-corrected chi connectivity index (χ0v) is 16.4. The Bertz CT molecular complexity index is 1040. The Balaban J connectivity index is 1.76. The molecular weight excluding hydrogens is 452 g/mol. The smallest absolute Gasteiger partial charge is 0.347 e. The van der Waals surface area contributed by atoms with Gasteiger partial charge in [0.15, 0.2) is 0 Å². The molecule has 3 rings (SSSR count). The lowest BCUT2D eigenvalue weighted by Crippen LogP contribution is -2.24.